The van der Waals surface area contributed by atoms with E-state index < -0.39 is 0 Å². The zero-order valence-corrected chi connectivity index (χ0v) is 10.4. The van der Waals surface area contributed by atoms with Crippen LogP contribution >= 0.6 is 0 Å². The number of amides is 1. The van der Waals surface area contributed by atoms with E-state index >= 15 is 0 Å². The SMILES string of the molecule is CCC(CCO)NC(=O)CC(C)C(C)C. The van der Waals surface area contributed by atoms with Crippen molar-refractivity contribution in [3.63, 3.8) is 0 Å². The van der Waals surface area contributed by atoms with Crippen LogP contribution in [0.4, 0.5) is 0 Å². The van der Waals surface area contributed by atoms with Gasteiger partial charge in [0.2, 0.25) is 5.91 Å². The minimum atomic E-state index is 0.108. The predicted octanol–water partition coefficient (Wildman–Crippen LogP) is 1.95. The van der Waals surface area contributed by atoms with Gasteiger partial charge < -0.3 is 10.4 Å². The van der Waals surface area contributed by atoms with Gasteiger partial charge >= 0.3 is 0 Å². The number of nitrogens with one attached hydrogen (secondary N) is 1. The van der Waals surface area contributed by atoms with Crippen LogP contribution in [0.1, 0.15) is 47.0 Å². The molecular formula is C12H25NO2. The molecule has 0 rings (SSSR count). The maximum absolute atomic E-state index is 11.6. The fourth-order valence-corrected chi connectivity index (χ4v) is 1.35. The van der Waals surface area contributed by atoms with Gasteiger partial charge in [0.1, 0.15) is 0 Å². The highest BCUT2D eigenvalue weighted by Gasteiger charge is 2.15. The second kappa shape index (κ2) is 7.69. The molecule has 3 nitrogen and oxygen atoms in total. The number of hydrogen-bond acceptors (Lipinski definition) is 2. The van der Waals surface area contributed by atoms with Crippen LogP contribution in [0, 0.1) is 11.8 Å². The maximum Gasteiger partial charge on any atom is 0.220 e. The van der Waals surface area contributed by atoms with E-state index in [-0.39, 0.29) is 18.6 Å². The van der Waals surface area contributed by atoms with Crippen LogP contribution in [-0.2, 0) is 4.79 Å². The Kier molecular flexibility index (Phi) is 7.39. The Morgan fingerprint density at radius 1 is 1.33 bits per heavy atom. The summed E-state index contributed by atoms with van der Waals surface area (Å²) >= 11 is 0. The number of rotatable bonds is 7. The first-order valence-corrected chi connectivity index (χ1v) is 5.91. The molecule has 0 saturated carbocycles. The quantitative estimate of drug-likeness (QED) is 0.682. The molecule has 1 amide bonds. The van der Waals surface area contributed by atoms with Crippen LogP contribution < -0.4 is 5.32 Å². The Bertz CT molecular complexity index is 180. The third-order valence-corrected chi connectivity index (χ3v) is 2.98. The van der Waals surface area contributed by atoms with Crippen molar-refractivity contribution < 1.29 is 9.90 Å². The first-order chi connectivity index (χ1) is 7.01. The lowest BCUT2D eigenvalue weighted by Crippen LogP contribution is -2.36. The third kappa shape index (κ3) is 6.50. The van der Waals surface area contributed by atoms with E-state index in [4.69, 9.17) is 5.11 Å². The van der Waals surface area contributed by atoms with Crippen LogP contribution in [0.15, 0.2) is 0 Å². The maximum atomic E-state index is 11.6. The highest BCUT2D eigenvalue weighted by atomic mass is 16.3. The molecule has 0 aliphatic rings. The van der Waals surface area contributed by atoms with Gasteiger partial charge in [0.25, 0.3) is 0 Å². The summed E-state index contributed by atoms with van der Waals surface area (Å²) in [5, 5.41) is 11.8. The number of carbonyl (C=O) groups is 1. The normalized spacial score (nSPS) is 15.1. The number of aliphatic hydroxyl groups is 1. The number of carbonyl (C=O) groups excluding carboxylic acids is 1. The van der Waals surface area contributed by atoms with Crippen LogP contribution in [-0.4, -0.2) is 23.7 Å². The summed E-state index contributed by atoms with van der Waals surface area (Å²) < 4.78 is 0. The van der Waals surface area contributed by atoms with Crippen LogP contribution in [0.25, 0.3) is 0 Å². The molecule has 0 spiro atoms. The molecular weight excluding hydrogens is 190 g/mol. The lowest BCUT2D eigenvalue weighted by atomic mass is 9.94. The molecule has 0 bridgehead atoms. The smallest absolute Gasteiger partial charge is 0.220 e. The Hall–Kier alpha value is -0.570. The highest BCUT2D eigenvalue weighted by Crippen LogP contribution is 2.13. The Morgan fingerprint density at radius 2 is 1.93 bits per heavy atom. The third-order valence-electron chi connectivity index (χ3n) is 2.98. The van der Waals surface area contributed by atoms with Crippen molar-refractivity contribution in [1.29, 1.82) is 0 Å². The van der Waals surface area contributed by atoms with Gasteiger partial charge in [-0.05, 0) is 24.7 Å². The van der Waals surface area contributed by atoms with E-state index in [1.54, 1.807) is 0 Å². The molecule has 0 heterocycles. The molecule has 3 heteroatoms. The number of aliphatic hydroxyl groups excluding tert-OH is 1. The van der Waals surface area contributed by atoms with Crippen molar-refractivity contribution in [2.75, 3.05) is 6.61 Å². The van der Waals surface area contributed by atoms with E-state index in [0.717, 1.165) is 6.42 Å². The van der Waals surface area contributed by atoms with E-state index in [1.807, 2.05) is 6.92 Å². The highest BCUT2D eigenvalue weighted by molar-refractivity contribution is 5.76. The first kappa shape index (κ1) is 14.4. The molecule has 0 radical (unpaired) electrons. The molecule has 0 aromatic heterocycles. The monoisotopic (exact) mass is 215 g/mol. The summed E-state index contributed by atoms with van der Waals surface area (Å²) in [6.45, 7) is 8.51. The molecule has 15 heavy (non-hydrogen) atoms. The van der Waals surface area contributed by atoms with Gasteiger partial charge in [0.15, 0.2) is 0 Å². The summed E-state index contributed by atoms with van der Waals surface area (Å²) in [5.74, 6) is 1.06. The molecule has 0 aromatic rings. The average molecular weight is 215 g/mol. The summed E-state index contributed by atoms with van der Waals surface area (Å²) in [6, 6.07) is 0.127. The van der Waals surface area contributed by atoms with Gasteiger partial charge in [-0.15, -0.1) is 0 Å². The van der Waals surface area contributed by atoms with Crippen LogP contribution in [0.5, 0.6) is 0 Å². The molecule has 0 aliphatic heterocycles. The summed E-state index contributed by atoms with van der Waals surface area (Å²) in [4.78, 5) is 11.6. The van der Waals surface area contributed by atoms with Crippen molar-refractivity contribution in [3.8, 4) is 0 Å². The van der Waals surface area contributed by atoms with Crippen molar-refractivity contribution in [2.24, 2.45) is 11.8 Å². The Labute approximate surface area is 93.3 Å². The second-order valence-corrected chi connectivity index (χ2v) is 4.61. The fraction of sp³-hybridized carbons (Fsp3) is 0.917. The van der Waals surface area contributed by atoms with Crippen molar-refractivity contribution in [3.05, 3.63) is 0 Å². The zero-order chi connectivity index (χ0) is 11.8. The minimum Gasteiger partial charge on any atom is -0.396 e. The molecule has 90 valence electrons. The Balaban J connectivity index is 3.90. The molecule has 2 unspecified atom stereocenters. The number of hydrogen-bond donors (Lipinski definition) is 2. The van der Waals surface area contributed by atoms with Gasteiger partial charge in [-0.3, -0.25) is 4.79 Å². The molecule has 0 aromatic carbocycles. The fourth-order valence-electron chi connectivity index (χ4n) is 1.35. The molecule has 0 saturated heterocycles. The summed E-state index contributed by atoms with van der Waals surface area (Å²) in [6.07, 6.45) is 2.11. The van der Waals surface area contributed by atoms with Crippen LogP contribution in [0.2, 0.25) is 0 Å². The van der Waals surface area contributed by atoms with Gasteiger partial charge in [-0.1, -0.05) is 27.7 Å². The second-order valence-electron chi connectivity index (χ2n) is 4.61. The van der Waals surface area contributed by atoms with Crippen molar-refractivity contribution in [2.45, 2.75) is 53.0 Å². The standard InChI is InChI=1S/C12H25NO2/c1-5-11(6-7-14)13-12(15)8-10(4)9(2)3/h9-11,14H,5-8H2,1-4H3,(H,13,15). The van der Waals surface area contributed by atoms with Gasteiger partial charge in [-0.2, -0.15) is 0 Å². The molecule has 0 fully saturated rings. The molecule has 2 atom stereocenters. The first-order valence-electron chi connectivity index (χ1n) is 5.91. The lowest BCUT2D eigenvalue weighted by molar-refractivity contribution is -0.123. The summed E-state index contributed by atoms with van der Waals surface area (Å²) in [7, 11) is 0. The van der Waals surface area contributed by atoms with Crippen molar-refractivity contribution >= 4 is 5.91 Å². The minimum absolute atomic E-state index is 0.108. The molecule has 2 N–H and O–H groups in total. The van der Waals surface area contributed by atoms with E-state index in [9.17, 15) is 4.79 Å². The van der Waals surface area contributed by atoms with Crippen molar-refractivity contribution in [1.82, 2.24) is 5.32 Å². The molecule has 0 aliphatic carbocycles. The van der Waals surface area contributed by atoms with Gasteiger partial charge in [-0.25, -0.2) is 0 Å². The Morgan fingerprint density at radius 3 is 2.33 bits per heavy atom. The topological polar surface area (TPSA) is 49.3 Å². The van der Waals surface area contributed by atoms with E-state index in [0.29, 0.717) is 24.7 Å². The summed E-state index contributed by atoms with van der Waals surface area (Å²) in [5.41, 5.74) is 0. The van der Waals surface area contributed by atoms with E-state index in [2.05, 4.69) is 26.1 Å². The largest absolute Gasteiger partial charge is 0.396 e. The lowest BCUT2D eigenvalue weighted by Gasteiger charge is -2.19. The van der Waals surface area contributed by atoms with E-state index in [1.165, 1.54) is 0 Å². The zero-order valence-electron chi connectivity index (χ0n) is 10.4. The average Bonchev–Trinajstić information content (AvgIpc) is 2.16. The van der Waals surface area contributed by atoms with Gasteiger partial charge in [0, 0.05) is 19.1 Å². The van der Waals surface area contributed by atoms with Crippen LogP contribution in [0.3, 0.4) is 0 Å². The predicted molar refractivity (Wildman–Crippen MR) is 62.5 cm³/mol. The van der Waals surface area contributed by atoms with Gasteiger partial charge in [0.05, 0.1) is 0 Å².